The van der Waals surface area contributed by atoms with Crippen LogP contribution in [0.4, 0.5) is 0 Å². The Bertz CT molecular complexity index is 2020. The van der Waals surface area contributed by atoms with Crippen LogP contribution in [0.25, 0.3) is 0 Å². The predicted molar refractivity (Wildman–Crippen MR) is 223 cm³/mol. The number of benzene rings is 4. The van der Waals surface area contributed by atoms with Crippen LogP contribution in [0.15, 0.2) is 121 Å². The first-order valence-electron chi connectivity index (χ1n) is 20.7. The summed E-state index contributed by atoms with van der Waals surface area (Å²) in [5.74, 6) is -2.94. The molecule has 10 atom stereocenters. The largest absolute Gasteiger partial charge is 0.463 e. The standard InChI is InChI=1S/C48H54O15/c1-31(49)53-29-40-42(59-32(2)50)44(60-33(3)51)46(61-34(4)52)48(63-40)58-30-39-41(54-25-35-17-9-5-10-18-35)43(55-26-36-19-11-6-12-20-36)45(56-27-37-21-13-7-14-22-37)47(62-39)57-28-38-23-15-8-16-24-38/h5-24,39-48H,25-30H2,1-4H3/t39-,40+,41+,42-,43+,44+,45-,46-,47-,48-/m1/s1. The van der Waals surface area contributed by atoms with E-state index in [0.717, 1.165) is 43.0 Å². The van der Waals surface area contributed by atoms with Crippen molar-refractivity contribution < 1.29 is 71.3 Å². The van der Waals surface area contributed by atoms with E-state index >= 15 is 0 Å². The third-order valence-corrected chi connectivity index (χ3v) is 10.1. The summed E-state index contributed by atoms with van der Waals surface area (Å²) in [6, 6.07) is 38.5. The van der Waals surface area contributed by atoms with E-state index in [4.69, 9.17) is 52.1 Å². The molecule has 0 unspecified atom stereocenters. The molecule has 0 N–H and O–H groups in total. The topological polar surface area (TPSA) is 170 Å². The van der Waals surface area contributed by atoms with Crippen molar-refractivity contribution in [3.05, 3.63) is 144 Å². The summed E-state index contributed by atoms with van der Waals surface area (Å²) in [6.07, 6.45) is -11.6. The monoisotopic (exact) mass is 870 g/mol. The van der Waals surface area contributed by atoms with Crippen LogP contribution >= 0.6 is 0 Å². The van der Waals surface area contributed by atoms with Crippen LogP contribution in [-0.4, -0.2) is 98.5 Å². The van der Waals surface area contributed by atoms with Gasteiger partial charge in [-0.1, -0.05) is 121 Å². The van der Waals surface area contributed by atoms with Gasteiger partial charge in [-0.3, -0.25) is 19.2 Å². The highest BCUT2D eigenvalue weighted by atomic mass is 16.8. The van der Waals surface area contributed by atoms with Gasteiger partial charge in [0, 0.05) is 27.7 Å². The second kappa shape index (κ2) is 23.8. The van der Waals surface area contributed by atoms with E-state index < -0.39 is 91.9 Å². The molecule has 2 aliphatic rings. The van der Waals surface area contributed by atoms with Gasteiger partial charge in [0.05, 0.1) is 33.0 Å². The number of rotatable bonds is 20. The van der Waals surface area contributed by atoms with Gasteiger partial charge in [0.25, 0.3) is 0 Å². The molecular formula is C48H54O15. The van der Waals surface area contributed by atoms with Crippen molar-refractivity contribution in [3.63, 3.8) is 0 Å². The Hall–Kier alpha value is -5.52. The summed E-state index contributed by atoms with van der Waals surface area (Å²) in [6.45, 7) is 4.61. The first-order valence-corrected chi connectivity index (χ1v) is 20.7. The van der Waals surface area contributed by atoms with E-state index in [-0.39, 0.29) is 33.0 Å². The average Bonchev–Trinajstić information content (AvgIpc) is 3.27. The molecule has 2 aliphatic heterocycles. The lowest BCUT2D eigenvalue weighted by Gasteiger charge is -2.47. The number of ether oxygens (including phenoxy) is 11. The maximum absolute atomic E-state index is 12.6. The van der Waals surface area contributed by atoms with Gasteiger partial charge >= 0.3 is 23.9 Å². The summed E-state index contributed by atoms with van der Waals surface area (Å²) in [7, 11) is 0. The smallest absolute Gasteiger partial charge is 0.303 e. The summed E-state index contributed by atoms with van der Waals surface area (Å²) in [5, 5.41) is 0. The molecule has 0 spiro atoms. The van der Waals surface area contributed by atoms with Gasteiger partial charge < -0.3 is 52.1 Å². The minimum Gasteiger partial charge on any atom is -0.463 e. The van der Waals surface area contributed by atoms with Gasteiger partial charge in [-0.15, -0.1) is 0 Å². The Morgan fingerprint density at radius 3 is 1.19 bits per heavy atom. The third kappa shape index (κ3) is 14.2. The minimum atomic E-state index is -1.48. The van der Waals surface area contributed by atoms with E-state index in [1.54, 1.807) is 0 Å². The molecule has 0 bridgehead atoms. The highest BCUT2D eigenvalue weighted by Crippen LogP contribution is 2.34. The van der Waals surface area contributed by atoms with E-state index in [1.165, 1.54) is 6.92 Å². The fraction of sp³-hybridized carbons (Fsp3) is 0.417. The summed E-state index contributed by atoms with van der Waals surface area (Å²) in [5.41, 5.74) is 3.58. The lowest BCUT2D eigenvalue weighted by Crippen LogP contribution is -2.64. The van der Waals surface area contributed by atoms with Crippen LogP contribution in [0.2, 0.25) is 0 Å². The van der Waals surface area contributed by atoms with Crippen molar-refractivity contribution in [2.75, 3.05) is 13.2 Å². The number of carbonyl (C=O) groups excluding carboxylic acids is 4. The van der Waals surface area contributed by atoms with Gasteiger partial charge in [-0.2, -0.15) is 0 Å². The predicted octanol–water partition coefficient (Wildman–Crippen LogP) is 5.78. The van der Waals surface area contributed by atoms with Crippen molar-refractivity contribution >= 4 is 23.9 Å². The summed E-state index contributed by atoms with van der Waals surface area (Å²) in [4.78, 5) is 49.4. The lowest BCUT2D eigenvalue weighted by molar-refractivity contribution is -0.347. The molecule has 336 valence electrons. The van der Waals surface area contributed by atoms with E-state index in [2.05, 4.69) is 0 Å². The molecule has 0 radical (unpaired) electrons. The SMILES string of the molecule is CC(=O)OC[C@@H]1O[C@@H](OC[C@H]2O[C@@H](OCc3ccccc3)[C@H](OCc3ccccc3)[C@@H](OCc3ccccc3)[C@H]2OCc2ccccc2)[C@H](OC(C)=O)[C@@H](OC(C)=O)[C@@H]1OC(C)=O. The zero-order chi connectivity index (χ0) is 44.6. The van der Waals surface area contributed by atoms with Gasteiger partial charge in [0.1, 0.15) is 37.1 Å². The van der Waals surface area contributed by atoms with Crippen molar-refractivity contribution in [1.29, 1.82) is 0 Å². The molecule has 15 nitrogen and oxygen atoms in total. The first kappa shape index (κ1) is 47.0. The molecule has 0 aliphatic carbocycles. The average molecular weight is 871 g/mol. The maximum atomic E-state index is 12.6. The molecule has 15 heteroatoms. The number of hydrogen-bond acceptors (Lipinski definition) is 15. The highest BCUT2D eigenvalue weighted by Gasteiger charge is 2.54. The van der Waals surface area contributed by atoms with Crippen LogP contribution in [0.5, 0.6) is 0 Å². The fourth-order valence-corrected chi connectivity index (χ4v) is 7.28. The molecule has 0 aromatic heterocycles. The van der Waals surface area contributed by atoms with E-state index in [1.807, 2.05) is 121 Å². The van der Waals surface area contributed by atoms with Crippen LogP contribution < -0.4 is 0 Å². The zero-order valence-corrected chi connectivity index (χ0v) is 35.7. The third-order valence-electron chi connectivity index (χ3n) is 10.1. The normalized spacial score (nSPS) is 25.7. The van der Waals surface area contributed by atoms with Crippen molar-refractivity contribution in [2.24, 2.45) is 0 Å². The molecule has 2 fully saturated rings. The molecule has 2 saturated heterocycles. The summed E-state index contributed by atoms with van der Waals surface area (Å²) >= 11 is 0. The van der Waals surface area contributed by atoms with Gasteiger partial charge in [0.2, 0.25) is 0 Å². The maximum Gasteiger partial charge on any atom is 0.303 e. The molecule has 63 heavy (non-hydrogen) atoms. The number of hydrogen-bond donors (Lipinski definition) is 0. The van der Waals surface area contributed by atoms with Crippen LogP contribution in [0.3, 0.4) is 0 Å². The molecule has 0 amide bonds. The Morgan fingerprint density at radius 1 is 0.381 bits per heavy atom. The molecule has 0 saturated carbocycles. The van der Waals surface area contributed by atoms with E-state index in [9.17, 15) is 19.2 Å². The van der Waals surface area contributed by atoms with Crippen molar-refractivity contribution in [2.45, 2.75) is 116 Å². The van der Waals surface area contributed by atoms with Crippen molar-refractivity contribution in [1.82, 2.24) is 0 Å². The second-order valence-corrected chi connectivity index (χ2v) is 15.0. The Balaban J connectivity index is 1.37. The van der Waals surface area contributed by atoms with Crippen LogP contribution in [0, 0.1) is 0 Å². The Morgan fingerprint density at radius 2 is 0.746 bits per heavy atom. The zero-order valence-electron chi connectivity index (χ0n) is 35.7. The van der Waals surface area contributed by atoms with Gasteiger partial charge in [-0.05, 0) is 22.3 Å². The van der Waals surface area contributed by atoms with Crippen LogP contribution in [-0.2, 0) is 97.7 Å². The molecule has 4 aromatic carbocycles. The van der Waals surface area contributed by atoms with Gasteiger partial charge in [-0.25, -0.2) is 0 Å². The molecule has 2 heterocycles. The fourth-order valence-electron chi connectivity index (χ4n) is 7.28. The Labute approximate surface area is 366 Å². The summed E-state index contributed by atoms with van der Waals surface area (Å²) < 4.78 is 68.5. The quantitative estimate of drug-likeness (QED) is 0.0773. The van der Waals surface area contributed by atoms with Crippen LogP contribution in [0.1, 0.15) is 49.9 Å². The minimum absolute atomic E-state index is 0.149. The van der Waals surface area contributed by atoms with E-state index in [0.29, 0.717) is 0 Å². The Kier molecular flexibility index (Phi) is 17.7. The first-order chi connectivity index (χ1) is 30.5. The number of esters is 4. The lowest BCUT2D eigenvalue weighted by atomic mass is 9.97. The molecule has 4 aromatic rings. The highest BCUT2D eigenvalue weighted by molar-refractivity contribution is 5.68. The second-order valence-electron chi connectivity index (χ2n) is 15.0. The van der Waals surface area contributed by atoms with Crippen molar-refractivity contribution in [3.8, 4) is 0 Å². The number of carbonyl (C=O) groups is 4. The van der Waals surface area contributed by atoms with Gasteiger partial charge in [0.15, 0.2) is 30.9 Å². The molecular weight excluding hydrogens is 817 g/mol. The molecule has 6 rings (SSSR count).